The topological polar surface area (TPSA) is 80.7 Å². The summed E-state index contributed by atoms with van der Waals surface area (Å²) in [4.78, 5) is 11.0. The van der Waals surface area contributed by atoms with Crippen molar-refractivity contribution in [1.82, 2.24) is 0 Å². The highest BCUT2D eigenvalue weighted by Gasteiger charge is 2.29. The number of hydrogen-bond donors (Lipinski definition) is 1. The van der Waals surface area contributed by atoms with Crippen LogP contribution in [0.1, 0.15) is 68.6 Å². The van der Waals surface area contributed by atoms with Crippen molar-refractivity contribution in [1.29, 1.82) is 0 Å². The molecule has 1 aromatic carbocycles. The fourth-order valence-corrected chi connectivity index (χ4v) is 4.09. The summed E-state index contributed by atoms with van der Waals surface area (Å²) >= 11 is 0. The number of halogens is 3. The molecule has 0 fully saturated rings. The van der Waals surface area contributed by atoms with E-state index in [4.69, 9.17) is 5.11 Å². The van der Waals surface area contributed by atoms with E-state index in [9.17, 15) is 26.4 Å². The van der Waals surface area contributed by atoms with Gasteiger partial charge in [-0.05, 0) is 24.6 Å². The maximum atomic E-state index is 12.4. The van der Waals surface area contributed by atoms with Gasteiger partial charge >= 0.3 is 12.1 Å². The van der Waals surface area contributed by atoms with Gasteiger partial charge in [-0.15, -0.1) is 0 Å². The van der Waals surface area contributed by atoms with Gasteiger partial charge in [-0.1, -0.05) is 51.9 Å². The van der Waals surface area contributed by atoms with Gasteiger partial charge in [0.25, 0.3) is 0 Å². The Hall–Kier alpha value is -1.77. The minimum atomic E-state index is -4.63. The van der Waals surface area contributed by atoms with Crippen LogP contribution in [0.4, 0.5) is 13.2 Å². The summed E-state index contributed by atoms with van der Waals surface area (Å²) in [5.74, 6) is -2.21. The highest BCUT2D eigenvalue weighted by atomic mass is 32.2. The molecule has 0 bridgehead atoms. The molecule has 0 radical (unpaired) electrons. The zero-order valence-electron chi connectivity index (χ0n) is 15.9. The third-order valence-electron chi connectivity index (χ3n) is 4.20. The van der Waals surface area contributed by atoms with E-state index in [1.54, 1.807) is 0 Å². The summed E-state index contributed by atoms with van der Waals surface area (Å²) in [5.41, 5.74) is -0.610. The zero-order valence-corrected chi connectivity index (χ0v) is 16.7. The van der Waals surface area contributed by atoms with Gasteiger partial charge in [0, 0.05) is 0 Å². The molecule has 0 aliphatic heterocycles. The minimum absolute atomic E-state index is 0.135. The Bertz CT molecular complexity index is 730. The van der Waals surface area contributed by atoms with E-state index in [0.717, 1.165) is 50.3 Å². The number of rotatable bonds is 13. The molecule has 9 heteroatoms. The molecule has 1 rings (SSSR count). The molecule has 160 valence electrons. The molecule has 5 nitrogen and oxygen atoms in total. The van der Waals surface area contributed by atoms with E-state index in [0.29, 0.717) is 6.42 Å². The molecule has 0 unspecified atom stereocenters. The molecule has 0 atom stereocenters. The number of ether oxygens (including phenoxy) is 1. The highest BCUT2D eigenvalue weighted by Crippen LogP contribution is 2.26. The van der Waals surface area contributed by atoms with Crippen LogP contribution >= 0.6 is 0 Å². The molecule has 0 spiro atoms. The molecule has 0 aliphatic carbocycles. The zero-order chi connectivity index (χ0) is 21.2. The fourth-order valence-electron chi connectivity index (χ4n) is 2.70. The quantitative estimate of drug-likeness (QED) is 0.438. The van der Waals surface area contributed by atoms with Crippen LogP contribution in [0.15, 0.2) is 23.1 Å². The smallest absolute Gasteiger partial charge is 0.422 e. The average molecular weight is 424 g/mol. The van der Waals surface area contributed by atoms with Crippen molar-refractivity contribution in [2.75, 3.05) is 12.4 Å². The number of carboxylic acid groups (broad SMARTS) is 1. The summed E-state index contributed by atoms with van der Waals surface area (Å²) in [6, 6.07) is 2.89. The number of sulfone groups is 1. The average Bonchev–Trinajstić information content (AvgIpc) is 2.61. The van der Waals surface area contributed by atoms with E-state index in [1.807, 2.05) is 0 Å². The van der Waals surface area contributed by atoms with E-state index in [2.05, 4.69) is 11.7 Å². The van der Waals surface area contributed by atoms with E-state index in [-0.39, 0.29) is 10.6 Å². The number of alkyl halides is 3. The van der Waals surface area contributed by atoms with Crippen LogP contribution in [0.3, 0.4) is 0 Å². The first kappa shape index (κ1) is 24.3. The van der Waals surface area contributed by atoms with Crippen molar-refractivity contribution in [3.05, 3.63) is 23.8 Å². The summed E-state index contributed by atoms with van der Waals surface area (Å²) in [5, 5.41) is 9.16. The molecule has 28 heavy (non-hydrogen) atoms. The van der Waals surface area contributed by atoms with E-state index in [1.165, 1.54) is 12.8 Å². The number of carboxylic acids is 1. The minimum Gasteiger partial charge on any atom is -0.483 e. The van der Waals surface area contributed by atoms with Gasteiger partial charge < -0.3 is 9.84 Å². The van der Waals surface area contributed by atoms with Gasteiger partial charge in [-0.3, -0.25) is 0 Å². The molecule has 1 aromatic rings. The van der Waals surface area contributed by atoms with Crippen LogP contribution in [0.2, 0.25) is 0 Å². The number of hydrogen-bond acceptors (Lipinski definition) is 4. The second kappa shape index (κ2) is 11.3. The molecule has 0 aliphatic rings. The van der Waals surface area contributed by atoms with Gasteiger partial charge in [0.1, 0.15) is 11.3 Å². The predicted octanol–water partition coefficient (Wildman–Crippen LogP) is 5.24. The molecule has 0 amide bonds. The molecule has 0 heterocycles. The molecule has 1 N–H and O–H groups in total. The highest BCUT2D eigenvalue weighted by molar-refractivity contribution is 7.91. The Morgan fingerprint density at radius 2 is 1.61 bits per heavy atom. The third-order valence-corrected chi connectivity index (χ3v) is 6.00. The predicted molar refractivity (Wildman–Crippen MR) is 99.6 cm³/mol. The maximum absolute atomic E-state index is 12.4. The number of aromatic carboxylic acids is 1. The normalized spacial score (nSPS) is 12.1. The molecule has 0 saturated carbocycles. The first-order valence-corrected chi connectivity index (χ1v) is 11.0. The van der Waals surface area contributed by atoms with Crippen LogP contribution < -0.4 is 4.74 Å². The standard InChI is InChI=1S/C19H27F3O5S/c1-2-3-4-5-6-7-8-9-12-28(25,26)15-10-11-17(16(13-15)18(23)24)27-14-19(20,21)22/h10-11,13H,2-9,12,14H2,1H3,(H,23,24). The van der Waals surface area contributed by atoms with Gasteiger partial charge in [0.2, 0.25) is 0 Å². The second-order valence-corrected chi connectivity index (χ2v) is 8.77. The van der Waals surface area contributed by atoms with Crippen LogP contribution in [0.25, 0.3) is 0 Å². The Balaban J connectivity index is 2.67. The summed E-state index contributed by atoms with van der Waals surface area (Å²) in [6.07, 6.45) is 3.22. The molecule has 0 saturated heterocycles. The Morgan fingerprint density at radius 3 is 2.14 bits per heavy atom. The Morgan fingerprint density at radius 1 is 1.04 bits per heavy atom. The van der Waals surface area contributed by atoms with E-state index < -0.39 is 39.9 Å². The van der Waals surface area contributed by atoms with Crippen molar-refractivity contribution in [2.24, 2.45) is 0 Å². The van der Waals surface area contributed by atoms with E-state index >= 15 is 0 Å². The third kappa shape index (κ3) is 8.95. The van der Waals surface area contributed by atoms with Crippen LogP contribution in [0.5, 0.6) is 5.75 Å². The SMILES string of the molecule is CCCCCCCCCCS(=O)(=O)c1ccc(OCC(F)(F)F)c(C(=O)O)c1. The fraction of sp³-hybridized carbons (Fsp3) is 0.632. The maximum Gasteiger partial charge on any atom is 0.422 e. The molecule has 0 aromatic heterocycles. The van der Waals surface area contributed by atoms with Crippen molar-refractivity contribution in [2.45, 2.75) is 69.4 Å². The number of carbonyl (C=O) groups is 1. The Kier molecular flexibility index (Phi) is 9.78. The second-order valence-electron chi connectivity index (χ2n) is 6.66. The lowest BCUT2D eigenvalue weighted by atomic mass is 10.1. The molecular formula is C19H27F3O5S. The monoisotopic (exact) mass is 424 g/mol. The number of benzene rings is 1. The van der Waals surface area contributed by atoms with Crippen molar-refractivity contribution < 1.29 is 36.2 Å². The van der Waals surface area contributed by atoms with Crippen LogP contribution in [-0.4, -0.2) is 38.0 Å². The van der Waals surface area contributed by atoms with Crippen molar-refractivity contribution in [3.8, 4) is 5.75 Å². The Labute approximate surface area is 163 Å². The summed E-state index contributed by atoms with van der Waals surface area (Å²) < 4.78 is 66.1. The van der Waals surface area contributed by atoms with Crippen LogP contribution in [-0.2, 0) is 9.84 Å². The first-order chi connectivity index (χ1) is 13.1. The summed E-state index contributed by atoms with van der Waals surface area (Å²) in [7, 11) is -3.72. The molecular weight excluding hydrogens is 397 g/mol. The van der Waals surface area contributed by atoms with Crippen LogP contribution in [0, 0.1) is 0 Å². The lowest BCUT2D eigenvalue weighted by Gasteiger charge is -2.13. The van der Waals surface area contributed by atoms with Gasteiger partial charge in [-0.2, -0.15) is 13.2 Å². The largest absolute Gasteiger partial charge is 0.483 e. The number of unbranched alkanes of at least 4 members (excludes halogenated alkanes) is 7. The lowest BCUT2D eigenvalue weighted by molar-refractivity contribution is -0.153. The van der Waals surface area contributed by atoms with Crippen molar-refractivity contribution in [3.63, 3.8) is 0 Å². The van der Waals surface area contributed by atoms with Gasteiger partial charge in [0.15, 0.2) is 16.4 Å². The van der Waals surface area contributed by atoms with Crippen molar-refractivity contribution >= 4 is 15.8 Å². The lowest BCUT2D eigenvalue weighted by Crippen LogP contribution is -2.20. The summed E-state index contributed by atoms with van der Waals surface area (Å²) in [6.45, 7) is 0.479. The first-order valence-electron chi connectivity index (χ1n) is 9.36. The van der Waals surface area contributed by atoms with Gasteiger partial charge in [-0.25, -0.2) is 13.2 Å². The van der Waals surface area contributed by atoms with Gasteiger partial charge in [0.05, 0.1) is 10.6 Å².